The number of methoxy groups -OCH3 is 2. The highest BCUT2D eigenvalue weighted by atomic mass is 32.2. The molecule has 0 bridgehead atoms. The molecule has 15 heteroatoms. The van der Waals surface area contributed by atoms with Gasteiger partial charge in [-0.05, 0) is 19.1 Å². The van der Waals surface area contributed by atoms with Gasteiger partial charge < -0.3 is 13.9 Å². The first-order valence-corrected chi connectivity index (χ1v) is 11.7. The average molecular weight is 505 g/mol. The summed E-state index contributed by atoms with van der Waals surface area (Å²) >= 11 is 0. The van der Waals surface area contributed by atoms with E-state index in [4.69, 9.17) is 13.9 Å². The van der Waals surface area contributed by atoms with Gasteiger partial charge >= 0.3 is 0 Å². The molecule has 1 N–H and O–H groups in total. The molecule has 0 amide bonds. The summed E-state index contributed by atoms with van der Waals surface area (Å²) in [6.07, 6.45) is 1.87. The molecule has 184 valence electrons. The van der Waals surface area contributed by atoms with Gasteiger partial charge in [0.15, 0.2) is 5.82 Å². The van der Waals surface area contributed by atoms with Crippen molar-refractivity contribution in [2.45, 2.75) is 25.5 Å². The van der Waals surface area contributed by atoms with Crippen LogP contribution in [0.5, 0.6) is 11.5 Å². The molecule has 0 fully saturated rings. The van der Waals surface area contributed by atoms with Gasteiger partial charge in [-0.25, -0.2) is 27.3 Å². The molecule has 4 aromatic rings. The first-order valence-electron chi connectivity index (χ1n) is 10.2. The summed E-state index contributed by atoms with van der Waals surface area (Å²) in [5.41, 5.74) is 0.306. The molecule has 3 heterocycles. The highest BCUT2D eigenvalue weighted by molar-refractivity contribution is 7.93. The fraction of sp³-hybridized carbons (Fsp3) is 0.300. The molecule has 13 nitrogen and oxygen atoms in total. The lowest BCUT2D eigenvalue weighted by Gasteiger charge is -2.18. The van der Waals surface area contributed by atoms with Crippen molar-refractivity contribution >= 4 is 16.0 Å². The maximum atomic E-state index is 13.2. The van der Waals surface area contributed by atoms with Crippen LogP contribution in [0, 0.1) is 12.7 Å². The first kappa shape index (κ1) is 24.0. The molecule has 1 atom stereocenters. The Morgan fingerprint density at radius 3 is 2.31 bits per heavy atom. The highest BCUT2D eigenvalue weighted by Crippen LogP contribution is 2.37. The lowest BCUT2D eigenvalue weighted by Crippen LogP contribution is -2.29. The van der Waals surface area contributed by atoms with Crippen molar-refractivity contribution in [3.05, 3.63) is 48.1 Å². The average Bonchev–Trinajstić information content (AvgIpc) is 3.45. The Morgan fingerprint density at radius 2 is 1.74 bits per heavy atom. The zero-order chi connectivity index (χ0) is 25.2. The van der Waals surface area contributed by atoms with Crippen molar-refractivity contribution in [2.75, 3.05) is 18.9 Å². The summed E-state index contributed by atoms with van der Waals surface area (Å²) in [5.74, 6) is 0.387. The molecule has 0 radical (unpaired) electrons. The fourth-order valence-electron chi connectivity index (χ4n) is 3.18. The van der Waals surface area contributed by atoms with Crippen molar-refractivity contribution in [3.8, 4) is 28.9 Å². The number of anilines is 1. The number of para-hydroxylation sites is 1. The quantitative estimate of drug-likeness (QED) is 0.355. The maximum absolute atomic E-state index is 13.2. The van der Waals surface area contributed by atoms with Gasteiger partial charge in [0.25, 0.3) is 5.89 Å². The summed E-state index contributed by atoms with van der Waals surface area (Å²) in [5, 5.41) is 14.9. The SMILES string of the molecule is COc1cccc(OC)c1-n1c(NS(=O)(=O)[C@@H](C)Cc2ncc(F)cn2)nnc1-c1nnc(C)o1. The highest BCUT2D eigenvalue weighted by Gasteiger charge is 2.30. The minimum atomic E-state index is -4.05. The number of nitrogens with zero attached hydrogens (tertiary/aromatic N) is 7. The molecule has 35 heavy (non-hydrogen) atoms. The summed E-state index contributed by atoms with van der Waals surface area (Å²) < 4.78 is 59.7. The number of nitrogens with one attached hydrogen (secondary N) is 1. The second kappa shape index (κ2) is 9.61. The minimum Gasteiger partial charge on any atom is -0.494 e. The number of hydrogen-bond donors (Lipinski definition) is 1. The third-order valence-electron chi connectivity index (χ3n) is 4.91. The van der Waals surface area contributed by atoms with E-state index in [9.17, 15) is 12.8 Å². The van der Waals surface area contributed by atoms with E-state index in [-0.39, 0.29) is 35.8 Å². The van der Waals surface area contributed by atoms with Crippen molar-refractivity contribution in [3.63, 3.8) is 0 Å². The van der Waals surface area contributed by atoms with Crippen LogP contribution in [-0.2, 0) is 16.4 Å². The Labute approximate surface area is 199 Å². The maximum Gasteiger partial charge on any atom is 0.286 e. The van der Waals surface area contributed by atoms with Crippen LogP contribution in [0.4, 0.5) is 10.3 Å². The molecular weight excluding hydrogens is 483 g/mol. The number of halogens is 1. The van der Waals surface area contributed by atoms with Crippen LogP contribution in [-0.4, -0.2) is 62.8 Å². The van der Waals surface area contributed by atoms with Crippen LogP contribution in [0.25, 0.3) is 17.4 Å². The van der Waals surface area contributed by atoms with Gasteiger partial charge in [0.05, 0.1) is 31.9 Å². The van der Waals surface area contributed by atoms with Crippen molar-refractivity contribution in [1.82, 2.24) is 34.9 Å². The molecular formula is C20H21FN8O5S. The first-order chi connectivity index (χ1) is 16.7. The van der Waals surface area contributed by atoms with Crippen LogP contribution in [0.1, 0.15) is 18.6 Å². The summed E-state index contributed by atoms with van der Waals surface area (Å²) in [7, 11) is -1.15. The second-order valence-corrected chi connectivity index (χ2v) is 9.40. The van der Waals surface area contributed by atoms with E-state index >= 15 is 0 Å². The molecule has 0 unspecified atom stereocenters. The zero-order valence-electron chi connectivity index (χ0n) is 19.1. The normalized spacial score (nSPS) is 12.4. The van der Waals surface area contributed by atoms with Crippen LogP contribution >= 0.6 is 0 Å². The molecule has 4 rings (SSSR count). The number of benzene rings is 1. The van der Waals surface area contributed by atoms with Gasteiger partial charge in [-0.15, -0.1) is 20.4 Å². The smallest absolute Gasteiger partial charge is 0.286 e. The third-order valence-corrected chi connectivity index (χ3v) is 6.61. The van der Waals surface area contributed by atoms with E-state index in [0.717, 1.165) is 12.4 Å². The number of ether oxygens (including phenoxy) is 2. The predicted octanol–water partition coefficient (Wildman–Crippen LogP) is 1.94. The van der Waals surface area contributed by atoms with Crippen molar-refractivity contribution in [2.24, 2.45) is 0 Å². The van der Waals surface area contributed by atoms with Gasteiger partial charge in [-0.2, -0.15) is 0 Å². The molecule has 0 saturated carbocycles. The molecule has 0 aliphatic heterocycles. The molecule has 0 spiro atoms. The van der Waals surface area contributed by atoms with E-state index in [1.54, 1.807) is 25.1 Å². The summed E-state index contributed by atoms with van der Waals surface area (Å²) in [6, 6.07) is 5.03. The van der Waals surface area contributed by atoms with Gasteiger partial charge in [0, 0.05) is 13.3 Å². The lowest BCUT2D eigenvalue weighted by atomic mass is 10.2. The van der Waals surface area contributed by atoms with Crippen molar-refractivity contribution < 1.29 is 26.7 Å². The predicted molar refractivity (Wildman–Crippen MR) is 120 cm³/mol. The number of aromatic nitrogens is 7. The lowest BCUT2D eigenvalue weighted by molar-refractivity contribution is 0.391. The minimum absolute atomic E-state index is 0.00108. The largest absolute Gasteiger partial charge is 0.494 e. The van der Waals surface area contributed by atoms with Crippen LogP contribution in [0.3, 0.4) is 0 Å². The molecule has 1 aromatic carbocycles. The van der Waals surface area contributed by atoms with E-state index in [2.05, 4.69) is 35.1 Å². The van der Waals surface area contributed by atoms with Crippen molar-refractivity contribution in [1.29, 1.82) is 0 Å². The monoisotopic (exact) mass is 504 g/mol. The Kier molecular flexibility index (Phi) is 6.59. The number of hydrogen-bond acceptors (Lipinski definition) is 11. The van der Waals surface area contributed by atoms with Crippen LogP contribution in [0.2, 0.25) is 0 Å². The summed E-state index contributed by atoms with van der Waals surface area (Å²) in [4.78, 5) is 7.65. The van der Waals surface area contributed by atoms with Gasteiger partial charge in [0.1, 0.15) is 23.0 Å². The van der Waals surface area contributed by atoms with Crippen LogP contribution < -0.4 is 14.2 Å². The fourth-order valence-corrected chi connectivity index (χ4v) is 4.14. The van der Waals surface area contributed by atoms with E-state index in [1.807, 2.05) is 0 Å². The standard InChI is InChI=1S/C20H21FN8O5S/c1-11(8-16-22-9-13(21)10-23-16)35(30,31)28-20-27-25-18(19-26-24-12(2)34-19)29(20)17-14(32-3)6-5-7-15(17)33-4/h5-7,9-11H,8H2,1-4H3,(H,27,28)/t11-/m0/s1. The number of rotatable bonds is 9. The van der Waals surface area contributed by atoms with E-state index in [0.29, 0.717) is 17.2 Å². The van der Waals surface area contributed by atoms with E-state index in [1.165, 1.54) is 25.7 Å². The molecule has 0 aliphatic carbocycles. The Morgan fingerprint density at radius 1 is 1.09 bits per heavy atom. The third kappa shape index (κ3) is 4.89. The van der Waals surface area contributed by atoms with E-state index < -0.39 is 21.1 Å². The molecule has 0 saturated heterocycles. The van der Waals surface area contributed by atoms with Gasteiger partial charge in [-0.3, -0.25) is 4.72 Å². The van der Waals surface area contributed by atoms with Gasteiger partial charge in [0.2, 0.25) is 27.7 Å². The van der Waals surface area contributed by atoms with Crippen LogP contribution in [0.15, 0.2) is 35.0 Å². The van der Waals surface area contributed by atoms with Gasteiger partial charge in [-0.1, -0.05) is 6.07 Å². The Hall–Kier alpha value is -4.14. The zero-order valence-corrected chi connectivity index (χ0v) is 19.9. The Balaban J connectivity index is 1.79. The topological polar surface area (TPSA) is 160 Å². The molecule has 3 aromatic heterocycles. The number of aryl methyl sites for hydroxylation is 1. The summed E-state index contributed by atoms with van der Waals surface area (Å²) in [6.45, 7) is 3.06. The number of sulfonamides is 1. The Bertz CT molecular complexity index is 1420. The molecule has 0 aliphatic rings. The second-order valence-electron chi connectivity index (χ2n) is 7.30.